The molecule has 0 aliphatic carbocycles. The van der Waals surface area contributed by atoms with Crippen LogP contribution in [-0.2, 0) is 12.7 Å². The van der Waals surface area contributed by atoms with Gasteiger partial charge in [-0.2, -0.15) is 18.3 Å². The van der Waals surface area contributed by atoms with Crippen molar-refractivity contribution in [2.24, 2.45) is 0 Å². The second-order valence-corrected chi connectivity index (χ2v) is 4.40. The van der Waals surface area contributed by atoms with Crippen molar-refractivity contribution in [3.05, 3.63) is 53.3 Å². The summed E-state index contributed by atoms with van der Waals surface area (Å²) in [6.07, 6.45) is -1.01. The maximum atomic E-state index is 12.6. The van der Waals surface area contributed by atoms with Crippen molar-refractivity contribution < 1.29 is 18.0 Å². The van der Waals surface area contributed by atoms with Crippen LogP contribution in [0.15, 0.2) is 36.7 Å². The molecule has 106 valence electrons. The fourth-order valence-electron chi connectivity index (χ4n) is 1.83. The molecule has 0 saturated carbocycles. The molecule has 2 rings (SSSR count). The topological polar surface area (TPSA) is 34.9 Å². The van der Waals surface area contributed by atoms with E-state index in [1.807, 2.05) is 0 Å². The SMILES string of the molecule is CCC(=O)c1cnn(Cc2cccc(C(F)(F)F)c2)c1. The highest BCUT2D eigenvalue weighted by Gasteiger charge is 2.30. The van der Waals surface area contributed by atoms with E-state index in [-0.39, 0.29) is 12.3 Å². The summed E-state index contributed by atoms with van der Waals surface area (Å²) in [5, 5.41) is 3.99. The van der Waals surface area contributed by atoms with Crippen LogP contribution in [0, 0.1) is 0 Å². The van der Waals surface area contributed by atoms with Gasteiger partial charge in [-0.05, 0) is 17.7 Å². The third-order valence-electron chi connectivity index (χ3n) is 2.88. The first-order valence-corrected chi connectivity index (χ1v) is 6.12. The van der Waals surface area contributed by atoms with Crippen molar-refractivity contribution in [1.82, 2.24) is 9.78 Å². The van der Waals surface area contributed by atoms with Gasteiger partial charge in [0.05, 0.1) is 23.9 Å². The van der Waals surface area contributed by atoms with Gasteiger partial charge >= 0.3 is 6.18 Å². The van der Waals surface area contributed by atoms with Gasteiger partial charge in [0, 0.05) is 12.6 Å². The molecule has 1 aromatic heterocycles. The number of Topliss-reactive ketones (excluding diaryl/α,β-unsaturated/α-hetero) is 1. The second kappa shape index (κ2) is 5.48. The van der Waals surface area contributed by atoms with Crippen LogP contribution in [-0.4, -0.2) is 15.6 Å². The van der Waals surface area contributed by atoms with Crippen LogP contribution >= 0.6 is 0 Å². The molecule has 0 N–H and O–H groups in total. The van der Waals surface area contributed by atoms with Crippen molar-refractivity contribution in [2.45, 2.75) is 26.1 Å². The van der Waals surface area contributed by atoms with E-state index in [4.69, 9.17) is 0 Å². The fraction of sp³-hybridized carbons (Fsp3) is 0.286. The van der Waals surface area contributed by atoms with Crippen LogP contribution < -0.4 is 0 Å². The smallest absolute Gasteiger partial charge is 0.294 e. The summed E-state index contributed by atoms with van der Waals surface area (Å²) in [7, 11) is 0. The predicted molar refractivity (Wildman–Crippen MR) is 67.4 cm³/mol. The number of nitrogens with zero attached hydrogens (tertiary/aromatic N) is 2. The molecule has 3 nitrogen and oxygen atoms in total. The lowest BCUT2D eigenvalue weighted by Gasteiger charge is -2.08. The van der Waals surface area contributed by atoms with Gasteiger partial charge in [0.15, 0.2) is 5.78 Å². The van der Waals surface area contributed by atoms with Gasteiger partial charge in [-0.15, -0.1) is 0 Å². The van der Waals surface area contributed by atoms with Crippen LogP contribution in [0.3, 0.4) is 0 Å². The molecule has 20 heavy (non-hydrogen) atoms. The number of hydrogen-bond donors (Lipinski definition) is 0. The zero-order valence-electron chi connectivity index (χ0n) is 10.8. The maximum absolute atomic E-state index is 12.6. The number of aromatic nitrogens is 2. The summed E-state index contributed by atoms with van der Waals surface area (Å²) in [4.78, 5) is 11.5. The Morgan fingerprint density at radius 2 is 2.10 bits per heavy atom. The highest BCUT2D eigenvalue weighted by molar-refractivity contribution is 5.95. The number of benzene rings is 1. The molecular weight excluding hydrogens is 269 g/mol. The monoisotopic (exact) mass is 282 g/mol. The average Bonchev–Trinajstić information content (AvgIpc) is 2.85. The predicted octanol–water partition coefficient (Wildman–Crippen LogP) is 3.54. The minimum Gasteiger partial charge on any atom is -0.294 e. The summed E-state index contributed by atoms with van der Waals surface area (Å²) in [5.41, 5.74) is 0.268. The number of rotatable bonds is 4. The highest BCUT2D eigenvalue weighted by atomic mass is 19.4. The first-order chi connectivity index (χ1) is 9.40. The van der Waals surface area contributed by atoms with E-state index in [2.05, 4.69) is 5.10 Å². The van der Waals surface area contributed by atoms with Gasteiger partial charge in [0.2, 0.25) is 0 Å². The molecule has 2 aromatic rings. The Balaban J connectivity index is 2.18. The van der Waals surface area contributed by atoms with Gasteiger partial charge in [0.1, 0.15) is 0 Å². The Kier molecular flexibility index (Phi) is 3.92. The third kappa shape index (κ3) is 3.26. The summed E-state index contributed by atoms with van der Waals surface area (Å²) in [6.45, 7) is 1.94. The van der Waals surface area contributed by atoms with Crippen LogP contribution in [0.4, 0.5) is 13.2 Å². The fourth-order valence-corrected chi connectivity index (χ4v) is 1.83. The lowest BCUT2D eigenvalue weighted by atomic mass is 10.1. The summed E-state index contributed by atoms with van der Waals surface area (Å²) in [6, 6.07) is 5.07. The molecule has 1 aromatic carbocycles. The molecule has 0 aliphatic heterocycles. The maximum Gasteiger partial charge on any atom is 0.416 e. The molecule has 0 unspecified atom stereocenters. The molecule has 0 radical (unpaired) electrons. The Morgan fingerprint density at radius 3 is 2.75 bits per heavy atom. The Labute approximate surface area is 114 Å². The quantitative estimate of drug-likeness (QED) is 0.804. The lowest BCUT2D eigenvalue weighted by Crippen LogP contribution is -2.07. The van der Waals surface area contributed by atoms with Gasteiger partial charge in [0.25, 0.3) is 0 Å². The standard InChI is InChI=1S/C14H13F3N2O/c1-2-13(20)11-7-18-19(9-11)8-10-4-3-5-12(6-10)14(15,16)17/h3-7,9H,2,8H2,1H3. The van der Waals surface area contributed by atoms with Crippen molar-refractivity contribution in [3.63, 3.8) is 0 Å². The van der Waals surface area contributed by atoms with Gasteiger partial charge in [-0.25, -0.2) is 0 Å². The van der Waals surface area contributed by atoms with Crippen molar-refractivity contribution >= 4 is 5.78 Å². The lowest BCUT2D eigenvalue weighted by molar-refractivity contribution is -0.137. The van der Waals surface area contributed by atoms with Crippen molar-refractivity contribution in [3.8, 4) is 0 Å². The summed E-state index contributed by atoms with van der Waals surface area (Å²) in [5.74, 6) is -0.0414. The first kappa shape index (κ1) is 14.3. The molecule has 0 saturated heterocycles. The molecule has 0 amide bonds. The van der Waals surface area contributed by atoms with E-state index in [0.29, 0.717) is 17.5 Å². The third-order valence-corrected chi connectivity index (χ3v) is 2.88. The summed E-state index contributed by atoms with van der Waals surface area (Å²) >= 11 is 0. The number of carbonyl (C=O) groups excluding carboxylic acids is 1. The molecule has 0 fully saturated rings. The first-order valence-electron chi connectivity index (χ1n) is 6.12. The Bertz CT molecular complexity index is 617. The second-order valence-electron chi connectivity index (χ2n) is 4.40. The molecule has 1 heterocycles. The molecule has 0 atom stereocenters. The van der Waals surface area contributed by atoms with E-state index in [9.17, 15) is 18.0 Å². The number of alkyl halides is 3. The summed E-state index contributed by atoms with van der Waals surface area (Å²) < 4.78 is 39.2. The van der Waals surface area contributed by atoms with Crippen molar-refractivity contribution in [1.29, 1.82) is 0 Å². The minimum atomic E-state index is -4.36. The number of carbonyl (C=O) groups is 1. The van der Waals surface area contributed by atoms with Crippen LogP contribution in [0.25, 0.3) is 0 Å². The van der Waals surface area contributed by atoms with Crippen LogP contribution in [0.1, 0.15) is 34.8 Å². The Hall–Kier alpha value is -2.11. The average molecular weight is 282 g/mol. The van der Waals surface area contributed by atoms with Crippen molar-refractivity contribution in [2.75, 3.05) is 0 Å². The number of ketones is 1. The Morgan fingerprint density at radius 1 is 1.35 bits per heavy atom. The van der Waals surface area contributed by atoms with E-state index in [0.717, 1.165) is 12.1 Å². The van der Waals surface area contributed by atoms with E-state index >= 15 is 0 Å². The largest absolute Gasteiger partial charge is 0.416 e. The zero-order valence-corrected chi connectivity index (χ0v) is 10.8. The van der Waals surface area contributed by atoms with Gasteiger partial charge in [-0.1, -0.05) is 19.1 Å². The normalized spacial score (nSPS) is 11.6. The molecular formula is C14H13F3N2O. The van der Waals surface area contributed by atoms with Gasteiger partial charge < -0.3 is 0 Å². The van der Waals surface area contributed by atoms with Crippen LogP contribution in [0.2, 0.25) is 0 Å². The molecule has 0 aliphatic rings. The molecule has 0 spiro atoms. The van der Waals surface area contributed by atoms with Gasteiger partial charge in [-0.3, -0.25) is 9.48 Å². The van der Waals surface area contributed by atoms with E-state index in [1.165, 1.54) is 16.9 Å². The van der Waals surface area contributed by atoms with E-state index < -0.39 is 11.7 Å². The number of halogens is 3. The minimum absolute atomic E-state index is 0.0414. The van der Waals surface area contributed by atoms with E-state index in [1.54, 1.807) is 19.2 Å². The van der Waals surface area contributed by atoms with Crippen LogP contribution in [0.5, 0.6) is 0 Å². The number of hydrogen-bond acceptors (Lipinski definition) is 2. The molecule has 6 heteroatoms. The highest BCUT2D eigenvalue weighted by Crippen LogP contribution is 2.29. The zero-order chi connectivity index (χ0) is 14.8. The molecule has 0 bridgehead atoms.